The molecule has 0 amide bonds. The maximum absolute atomic E-state index is 6.10. The largest absolute Gasteiger partial charge is 0.232 e. The third kappa shape index (κ3) is 2.97. The summed E-state index contributed by atoms with van der Waals surface area (Å²) in [5.41, 5.74) is 6.51. The fourth-order valence-electron chi connectivity index (χ4n) is 3.11. The highest BCUT2D eigenvalue weighted by Gasteiger charge is 2.19. The molecule has 122 valence electrons. The standard InChI is InChI=1S/C22H17ClN2/c1-16-21(17-8-4-2-5-9-17)22(18-12-14-19(23)15-13-18)25(24-16)20-10-6-3-7-11-20/h2-15H,1H3. The van der Waals surface area contributed by atoms with E-state index >= 15 is 0 Å². The first-order chi connectivity index (χ1) is 12.2. The smallest absolute Gasteiger partial charge is 0.0822 e. The van der Waals surface area contributed by atoms with E-state index in [1.807, 2.05) is 53.2 Å². The molecule has 0 aliphatic heterocycles. The maximum atomic E-state index is 6.10. The van der Waals surface area contributed by atoms with Crippen LogP contribution in [0.5, 0.6) is 0 Å². The van der Waals surface area contributed by atoms with Crippen molar-refractivity contribution in [2.24, 2.45) is 0 Å². The lowest BCUT2D eigenvalue weighted by Crippen LogP contribution is -1.99. The number of aryl methyl sites for hydroxylation is 1. The minimum atomic E-state index is 0.729. The van der Waals surface area contributed by atoms with Crippen LogP contribution in [0, 0.1) is 6.92 Å². The molecule has 1 heterocycles. The van der Waals surface area contributed by atoms with Crippen LogP contribution >= 0.6 is 11.6 Å². The Kier molecular flexibility index (Phi) is 4.12. The SMILES string of the molecule is Cc1nn(-c2ccccc2)c(-c2ccc(Cl)cc2)c1-c1ccccc1. The van der Waals surface area contributed by atoms with Gasteiger partial charge in [0.25, 0.3) is 0 Å². The number of benzene rings is 3. The van der Waals surface area contributed by atoms with E-state index < -0.39 is 0 Å². The first-order valence-electron chi connectivity index (χ1n) is 8.20. The van der Waals surface area contributed by atoms with Gasteiger partial charge in [-0.05, 0) is 36.8 Å². The Hall–Kier alpha value is -2.84. The molecule has 0 fully saturated rings. The Bertz CT molecular complexity index is 988. The van der Waals surface area contributed by atoms with E-state index in [4.69, 9.17) is 16.7 Å². The quantitative estimate of drug-likeness (QED) is 0.434. The van der Waals surface area contributed by atoms with Gasteiger partial charge in [0.2, 0.25) is 0 Å². The van der Waals surface area contributed by atoms with Crippen molar-refractivity contribution < 1.29 is 0 Å². The molecule has 0 unspecified atom stereocenters. The molecule has 3 aromatic carbocycles. The number of hydrogen-bond donors (Lipinski definition) is 0. The van der Waals surface area contributed by atoms with Gasteiger partial charge in [-0.3, -0.25) is 0 Å². The topological polar surface area (TPSA) is 17.8 Å². The summed E-state index contributed by atoms with van der Waals surface area (Å²) >= 11 is 6.10. The van der Waals surface area contributed by atoms with Crippen molar-refractivity contribution in [1.29, 1.82) is 0 Å². The summed E-state index contributed by atoms with van der Waals surface area (Å²) in [4.78, 5) is 0. The summed E-state index contributed by atoms with van der Waals surface area (Å²) in [7, 11) is 0. The molecule has 0 atom stereocenters. The van der Waals surface area contributed by atoms with Gasteiger partial charge >= 0.3 is 0 Å². The molecule has 0 radical (unpaired) electrons. The molecule has 0 aliphatic rings. The van der Waals surface area contributed by atoms with E-state index in [1.54, 1.807) is 0 Å². The van der Waals surface area contributed by atoms with E-state index in [0.29, 0.717) is 0 Å². The van der Waals surface area contributed by atoms with Crippen molar-refractivity contribution in [1.82, 2.24) is 9.78 Å². The second kappa shape index (κ2) is 6.58. The summed E-state index contributed by atoms with van der Waals surface area (Å²) in [6.45, 7) is 2.06. The Morgan fingerprint density at radius 1 is 0.720 bits per heavy atom. The van der Waals surface area contributed by atoms with Crippen molar-refractivity contribution >= 4 is 11.6 Å². The van der Waals surface area contributed by atoms with Crippen LogP contribution in [0.1, 0.15) is 5.69 Å². The zero-order valence-corrected chi connectivity index (χ0v) is 14.6. The van der Waals surface area contributed by atoms with Crippen LogP contribution in [0.2, 0.25) is 5.02 Å². The number of rotatable bonds is 3. The molecule has 4 aromatic rings. The Balaban J connectivity index is 2.02. The molecular formula is C22H17ClN2. The summed E-state index contributed by atoms with van der Waals surface area (Å²) in [6.07, 6.45) is 0. The zero-order valence-electron chi connectivity index (χ0n) is 13.9. The average Bonchev–Trinajstić information content (AvgIpc) is 3.01. The minimum absolute atomic E-state index is 0.729. The maximum Gasteiger partial charge on any atom is 0.0822 e. The van der Waals surface area contributed by atoms with Gasteiger partial charge < -0.3 is 0 Å². The van der Waals surface area contributed by atoms with Crippen LogP contribution < -0.4 is 0 Å². The first-order valence-corrected chi connectivity index (χ1v) is 8.58. The fourth-order valence-corrected chi connectivity index (χ4v) is 3.23. The van der Waals surface area contributed by atoms with Gasteiger partial charge in [0, 0.05) is 16.1 Å². The summed E-state index contributed by atoms with van der Waals surface area (Å²) < 4.78 is 2.01. The molecule has 0 spiro atoms. The average molecular weight is 345 g/mol. The fraction of sp³-hybridized carbons (Fsp3) is 0.0455. The first kappa shape index (κ1) is 15.7. The lowest BCUT2D eigenvalue weighted by atomic mass is 9.99. The van der Waals surface area contributed by atoms with Crippen LogP contribution in [-0.2, 0) is 0 Å². The minimum Gasteiger partial charge on any atom is -0.232 e. The van der Waals surface area contributed by atoms with Gasteiger partial charge in [-0.25, -0.2) is 4.68 Å². The predicted octanol–water partition coefficient (Wildman–Crippen LogP) is 6.17. The zero-order chi connectivity index (χ0) is 17.2. The summed E-state index contributed by atoms with van der Waals surface area (Å²) in [6, 6.07) is 28.5. The van der Waals surface area contributed by atoms with Gasteiger partial charge in [-0.1, -0.05) is 72.3 Å². The van der Waals surface area contributed by atoms with Crippen molar-refractivity contribution in [3.8, 4) is 28.1 Å². The third-order valence-electron chi connectivity index (χ3n) is 4.24. The number of nitrogens with zero attached hydrogens (tertiary/aromatic N) is 2. The molecular weight excluding hydrogens is 328 g/mol. The molecule has 3 heteroatoms. The molecule has 0 aliphatic carbocycles. The number of halogens is 1. The number of hydrogen-bond acceptors (Lipinski definition) is 1. The third-order valence-corrected chi connectivity index (χ3v) is 4.49. The van der Waals surface area contributed by atoms with Crippen LogP contribution in [-0.4, -0.2) is 9.78 Å². The highest BCUT2D eigenvalue weighted by atomic mass is 35.5. The lowest BCUT2D eigenvalue weighted by molar-refractivity contribution is 0.869. The van der Waals surface area contributed by atoms with Crippen LogP contribution in [0.15, 0.2) is 84.9 Å². The highest BCUT2D eigenvalue weighted by molar-refractivity contribution is 6.30. The Morgan fingerprint density at radius 2 is 1.32 bits per heavy atom. The Morgan fingerprint density at radius 3 is 1.96 bits per heavy atom. The van der Waals surface area contributed by atoms with Crippen LogP contribution in [0.25, 0.3) is 28.1 Å². The van der Waals surface area contributed by atoms with E-state index in [9.17, 15) is 0 Å². The Labute approximate surface area is 152 Å². The molecule has 0 bridgehead atoms. The van der Waals surface area contributed by atoms with Gasteiger partial charge in [0.1, 0.15) is 0 Å². The van der Waals surface area contributed by atoms with E-state index in [2.05, 4.69) is 43.3 Å². The molecule has 0 N–H and O–H groups in total. The molecule has 0 saturated heterocycles. The van der Waals surface area contributed by atoms with Crippen molar-refractivity contribution in [3.63, 3.8) is 0 Å². The van der Waals surface area contributed by atoms with E-state index in [1.165, 1.54) is 0 Å². The van der Waals surface area contributed by atoms with E-state index in [0.717, 1.165) is 38.8 Å². The molecule has 2 nitrogen and oxygen atoms in total. The lowest BCUT2D eigenvalue weighted by Gasteiger charge is -2.11. The van der Waals surface area contributed by atoms with Gasteiger partial charge in [-0.15, -0.1) is 0 Å². The molecule has 0 saturated carbocycles. The van der Waals surface area contributed by atoms with Gasteiger partial charge in [-0.2, -0.15) is 5.10 Å². The summed E-state index contributed by atoms with van der Waals surface area (Å²) in [5.74, 6) is 0. The predicted molar refractivity (Wildman–Crippen MR) is 104 cm³/mol. The molecule has 1 aromatic heterocycles. The number of aromatic nitrogens is 2. The second-order valence-corrected chi connectivity index (χ2v) is 6.37. The number of para-hydroxylation sites is 1. The van der Waals surface area contributed by atoms with Crippen molar-refractivity contribution in [3.05, 3.63) is 95.6 Å². The van der Waals surface area contributed by atoms with Crippen LogP contribution in [0.4, 0.5) is 0 Å². The van der Waals surface area contributed by atoms with Gasteiger partial charge in [0.15, 0.2) is 0 Å². The van der Waals surface area contributed by atoms with Crippen molar-refractivity contribution in [2.45, 2.75) is 6.92 Å². The van der Waals surface area contributed by atoms with E-state index in [-0.39, 0.29) is 0 Å². The monoisotopic (exact) mass is 344 g/mol. The highest BCUT2D eigenvalue weighted by Crippen LogP contribution is 2.36. The normalized spacial score (nSPS) is 10.8. The van der Waals surface area contributed by atoms with Crippen LogP contribution in [0.3, 0.4) is 0 Å². The summed E-state index contributed by atoms with van der Waals surface area (Å²) in [5, 5.41) is 5.57. The molecule has 4 rings (SSSR count). The van der Waals surface area contributed by atoms with Gasteiger partial charge in [0.05, 0.1) is 17.1 Å². The van der Waals surface area contributed by atoms with Crippen molar-refractivity contribution in [2.75, 3.05) is 0 Å². The molecule has 25 heavy (non-hydrogen) atoms. The second-order valence-electron chi connectivity index (χ2n) is 5.93.